The van der Waals surface area contributed by atoms with Gasteiger partial charge in [0, 0.05) is 113 Å². The largest absolute Gasteiger partial charge is 0.489 e. The number of ether oxygens (including phenoxy) is 6. The van der Waals surface area contributed by atoms with Crippen molar-refractivity contribution in [3.63, 3.8) is 0 Å². The van der Waals surface area contributed by atoms with Gasteiger partial charge in [-0.25, -0.2) is 4.39 Å². The average Bonchev–Trinajstić information content (AvgIpc) is 0.852. The Morgan fingerprint density at radius 3 is 0.842 bits per heavy atom. The molecule has 0 saturated heterocycles. The molecule has 738 valence electrons. The highest BCUT2D eigenvalue weighted by Gasteiger charge is 2.20. The van der Waals surface area contributed by atoms with E-state index < -0.39 is 0 Å². The van der Waals surface area contributed by atoms with Crippen LogP contribution in [0.4, 0.5) is 38.5 Å². The lowest BCUT2D eigenvalue weighted by Crippen LogP contribution is -2.13. The molecule has 139 heavy (non-hydrogen) atoms. The van der Waals surface area contributed by atoms with Gasteiger partial charge in [-0.3, -0.25) is 28.8 Å². The van der Waals surface area contributed by atoms with Gasteiger partial charge in [-0.15, -0.1) is 0 Å². The second kappa shape index (κ2) is 59.9. The van der Waals surface area contributed by atoms with Crippen LogP contribution >= 0.6 is 50.1 Å². The van der Waals surface area contributed by atoms with E-state index in [1.807, 2.05) is 182 Å². The molecule has 12 aromatic carbocycles. The van der Waals surface area contributed by atoms with E-state index >= 15 is 0 Å². The Labute approximate surface area is 851 Å². The first kappa shape index (κ1) is 114. The number of hydrogen-bond acceptors (Lipinski definition) is 12. The second-order valence-corrected chi connectivity index (χ2v) is 35.8. The molecule has 0 saturated carbocycles. The van der Waals surface area contributed by atoms with Gasteiger partial charge in [0.1, 0.15) is 80.0 Å². The number of aryl methyl sites for hydroxylation is 14. The van der Waals surface area contributed by atoms with E-state index in [4.69, 9.17) is 40.0 Å². The lowest BCUT2D eigenvalue weighted by molar-refractivity contribution is -0.116. The maximum Gasteiger partial charge on any atom is 0.224 e. The molecule has 0 aliphatic heterocycles. The monoisotopic (exact) mass is 2080 g/mol. The first-order chi connectivity index (χ1) is 66.8. The summed E-state index contributed by atoms with van der Waals surface area (Å²) in [7, 11) is 0. The highest BCUT2D eigenvalue weighted by molar-refractivity contribution is 14.1. The smallest absolute Gasteiger partial charge is 0.224 e. The van der Waals surface area contributed by atoms with Crippen molar-refractivity contribution in [2.45, 2.75) is 262 Å². The van der Waals surface area contributed by atoms with Crippen LogP contribution < -0.4 is 60.3 Å². The van der Waals surface area contributed by atoms with Crippen LogP contribution in [0.15, 0.2) is 223 Å². The fraction of sp³-hybridized carbons (Fsp3) is 0.333. The zero-order chi connectivity index (χ0) is 102. The summed E-state index contributed by atoms with van der Waals surface area (Å²) in [6.07, 6.45) is 8.98. The predicted molar refractivity (Wildman–Crippen MR) is 581 cm³/mol. The molecule has 0 aromatic heterocycles. The van der Waals surface area contributed by atoms with Crippen LogP contribution in [0.5, 0.6) is 34.5 Å². The quantitative estimate of drug-likeness (QED) is 0.0200. The number of nitrogens with one attached hydrogen (secondary N) is 6. The van der Waals surface area contributed by atoms with E-state index in [1.54, 1.807) is 25.1 Å². The van der Waals surface area contributed by atoms with Crippen molar-refractivity contribution in [3.8, 4) is 34.5 Å². The molecule has 0 radical (unpaired) electrons. The number of amides is 6. The molecule has 0 fully saturated rings. The lowest BCUT2D eigenvalue weighted by Gasteiger charge is -2.17. The van der Waals surface area contributed by atoms with Crippen molar-refractivity contribution in [3.05, 3.63) is 349 Å². The Balaban J connectivity index is 0.000000227. The molecule has 12 rings (SSSR count). The summed E-state index contributed by atoms with van der Waals surface area (Å²) in [6, 6.07) is 70.7. The molecular weight excluding hydrogens is 1940 g/mol. The molecule has 0 spiro atoms. The van der Waals surface area contributed by atoms with Crippen LogP contribution in [0.2, 0.25) is 5.02 Å². The second-order valence-electron chi connectivity index (χ2n) is 33.4. The van der Waals surface area contributed by atoms with E-state index in [-0.39, 0.29) is 47.9 Å². The first-order valence-electron chi connectivity index (χ1n) is 48.2. The highest BCUT2D eigenvalue weighted by Crippen LogP contribution is 2.36. The Morgan fingerprint density at radius 1 is 0.273 bits per heavy atom. The van der Waals surface area contributed by atoms with Gasteiger partial charge >= 0.3 is 0 Å². The molecule has 6 amide bonds. The first-order valence-corrected chi connectivity index (χ1v) is 50.5. The fourth-order valence-electron chi connectivity index (χ4n) is 14.6. The van der Waals surface area contributed by atoms with Crippen molar-refractivity contribution in [2.24, 2.45) is 0 Å². The minimum absolute atomic E-state index is 0.00562. The van der Waals surface area contributed by atoms with E-state index in [2.05, 4.69) is 214 Å². The molecule has 0 atom stereocenters. The summed E-state index contributed by atoms with van der Waals surface area (Å²) in [4.78, 5) is 70.1. The van der Waals surface area contributed by atoms with E-state index in [9.17, 15) is 33.2 Å². The maximum atomic E-state index is 14.1. The molecular formula is C117H140BrClFIN6O12. The Bertz CT molecular complexity index is 5380. The minimum atomic E-state index is -0.385. The van der Waals surface area contributed by atoms with Gasteiger partial charge in [-0.2, -0.15) is 0 Å². The SMILES string of the molecule is CCC(=O)Nc1cccc(Br)c1COc1ccc(C)cc1CC.CCC(=O)Nc1cccc(C)c1COc1ccc(C)cc1CC.CCC(=O)Nc1cccc(CC)c1COc1ccc(C)cc1CC.CCC(=O)Nc1cccc(Cl)c1COc1ccc(C)cc1CC.CCC(=O)Nc1cccc(F)c1COc1ccc(C)cc1CC.CCC(=O)Nc1cccc(I)c1COc1ccc(C)cc1CC. The maximum absolute atomic E-state index is 14.1. The molecule has 0 bridgehead atoms. The van der Waals surface area contributed by atoms with Crippen molar-refractivity contribution in [1.82, 2.24) is 0 Å². The Kier molecular flexibility index (Phi) is 48.9. The molecule has 0 unspecified atom stereocenters. The normalized spacial score (nSPS) is 10.4. The standard InChI is InChI=1S/C21H27NO2.C20H25NO2.C19H22BrNO2.C19H22ClNO2.C19H22FNO2.C19H22INO2/c1-5-16-9-8-10-19(22-21(23)7-3)18(16)14-24-20-12-11-15(4)13-17(20)6-2;1-5-16-12-14(3)10-11-19(16)23-13-17-15(4)8-7-9-18(17)21-20(22)6-2;4*1-4-14-11-13(3)9-10-18(14)23-12-15-16(20)7-6-8-17(15)21-19(22)5-2/h8-13H,5-7,14H2,1-4H3,(H,22,23);7-12H,5-6,13H2,1-4H3,(H,21,22);4*6-11H,4-5,12H2,1-3H3,(H,21,22). The van der Waals surface area contributed by atoms with E-state index in [0.717, 1.165) is 160 Å². The summed E-state index contributed by atoms with van der Waals surface area (Å²) in [5.74, 6) is 4.69. The third kappa shape index (κ3) is 36.4. The summed E-state index contributed by atoms with van der Waals surface area (Å²) >= 11 is 12.1. The number of rotatable bonds is 37. The van der Waals surface area contributed by atoms with Gasteiger partial charge in [0.05, 0.1) is 5.69 Å². The van der Waals surface area contributed by atoms with Crippen LogP contribution in [-0.2, 0) is 113 Å². The Morgan fingerprint density at radius 2 is 0.511 bits per heavy atom. The summed E-state index contributed by atoms with van der Waals surface area (Å²) in [5, 5.41) is 18.0. The number of hydrogen-bond donors (Lipinski definition) is 6. The van der Waals surface area contributed by atoms with E-state index in [1.165, 1.54) is 61.7 Å². The number of anilines is 6. The van der Waals surface area contributed by atoms with Crippen molar-refractivity contribution >= 4 is 120 Å². The summed E-state index contributed by atoms with van der Waals surface area (Å²) in [5.41, 5.74) is 26.3. The molecule has 0 heterocycles. The zero-order valence-electron chi connectivity index (χ0n) is 84.6. The van der Waals surface area contributed by atoms with Gasteiger partial charge in [-0.05, 0) is 258 Å². The number of halogens is 4. The van der Waals surface area contributed by atoms with Gasteiger partial charge in [0.15, 0.2) is 0 Å². The average molecular weight is 2080 g/mol. The third-order valence-electron chi connectivity index (χ3n) is 22.9. The van der Waals surface area contributed by atoms with Gasteiger partial charge in [-0.1, -0.05) is 272 Å². The summed E-state index contributed by atoms with van der Waals surface area (Å²) < 4.78 is 52.2. The van der Waals surface area contributed by atoms with Crippen LogP contribution in [0.25, 0.3) is 0 Å². The van der Waals surface area contributed by atoms with E-state index in [0.29, 0.717) is 93.5 Å². The van der Waals surface area contributed by atoms with Gasteiger partial charge < -0.3 is 60.3 Å². The van der Waals surface area contributed by atoms with Crippen LogP contribution in [0, 0.1) is 57.9 Å². The third-order valence-corrected chi connectivity index (χ3v) is 25.0. The number of carbonyl (C=O) groups excluding carboxylic acids is 6. The topological polar surface area (TPSA) is 230 Å². The van der Waals surface area contributed by atoms with Crippen molar-refractivity contribution in [2.75, 3.05) is 31.9 Å². The lowest BCUT2D eigenvalue weighted by atomic mass is 10.0. The van der Waals surface area contributed by atoms with Crippen LogP contribution in [0.3, 0.4) is 0 Å². The van der Waals surface area contributed by atoms with Crippen LogP contribution in [-0.4, -0.2) is 35.4 Å². The Hall–Kier alpha value is -12.3. The summed E-state index contributed by atoms with van der Waals surface area (Å²) in [6.45, 7) is 42.3. The van der Waals surface area contributed by atoms with Crippen molar-refractivity contribution < 1.29 is 61.6 Å². The zero-order valence-corrected chi connectivity index (χ0v) is 89.1. The molecule has 12 aromatic rings. The highest BCUT2D eigenvalue weighted by atomic mass is 127. The number of benzene rings is 12. The molecule has 0 aliphatic carbocycles. The fourth-order valence-corrected chi connectivity index (χ4v) is 16.0. The molecule has 22 heteroatoms. The predicted octanol–water partition coefficient (Wildman–Crippen LogP) is 29.9. The van der Waals surface area contributed by atoms with Crippen molar-refractivity contribution in [1.29, 1.82) is 0 Å². The molecule has 0 aliphatic rings. The minimum Gasteiger partial charge on any atom is -0.489 e. The van der Waals surface area contributed by atoms with Gasteiger partial charge in [0.2, 0.25) is 35.4 Å². The number of carbonyl (C=O) groups is 6. The molecule has 18 nitrogen and oxygen atoms in total. The van der Waals surface area contributed by atoms with Gasteiger partial charge in [0.25, 0.3) is 0 Å². The molecule has 6 N–H and O–H groups in total. The van der Waals surface area contributed by atoms with Crippen LogP contribution in [0.1, 0.15) is 240 Å².